The second-order valence-electron chi connectivity index (χ2n) is 4.69. The molecule has 1 atom stereocenters. The summed E-state index contributed by atoms with van der Waals surface area (Å²) in [5.74, 6) is 0.0932. The molecule has 0 unspecified atom stereocenters. The number of rotatable bonds is 6. The number of aliphatic hydroxyl groups is 1. The van der Waals surface area contributed by atoms with Crippen LogP contribution in [0.4, 0.5) is 0 Å². The lowest BCUT2D eigenvalue weighted by atomic mass is 10.1. The van der Waals surface area contributed by atoms with Gasteiger partial charge in [0.1, 0.15) is 0 Å². The zero-order valence-corrected chi connectivity index (χ0v) is 11.8. The molecule has 102 valence electrons. The predicted octanol–water partition coefficient (Wildman–Crippen LogP) is 2.11. The molecule has 5 heteroatoms. The lowest BCUT2D eigenvalue weighted by molar-refractivity contribution is 0.0989. The van der Waals surface area contributed by atoms with Crippen molar-refractivity contribution in [2.75, 3.05) is 6.61 Å². The highest BCUT2D eigenvalue weighted by Crippen LogP contribution is 2.14. The zero-order chi connectivity index (χ0) is 13.8. The Morgan fingerprint density at radius 3 is 2.28 bits per heavy atom. The second-order valence-corrected chi connectivity index (χ2v) is 6.30. The maximum Gasteiger partial charge on any atom is 0.296 e. The summed E-state index contributed by atoms with van der Waals surface area (Å²) in [5.41, 5.74) is 0.990. The Morgan fingerprint density at radius 2 is 1.78 bits per heavy atom. The molecule has 0 bridgehead atoms. The Morgan fingerprint density at radius 1 is 1.22 bits per heavy atom. The fourth-order valence-electron chi connectivity index (χ4n) is 1.38. The summed E-state index contributed by atoms with van der Waals surface area (Å²) in [7, 11) is -3.71. The van der Waals surface area contributed by atoms with E-state index in [9.17, 15) is 13.5 Å². The van der Waals surface area contributed by atoms with Crippen LogP contribution in [0, 0.1) is 12.8 Å². The summed E-state index contributed by atoms with van der Waals surface area (Å²) >= 11 is 0. The molecule has 1 aromatic rings. The third kappa shape index (κ3) is 4.40. The fourth-order valence-corrected chi connectivity index (χ4v) is 2.31. The van der Waals surface area contributed by atoms with Crippen LogP contribution in [-0.4, -0.2) is 26.2 Å². The lowest BCUT2D eigenvalue weighted by Gasteiger charge is -2.14. The lowest BCUT2D eigenvalue weighted by Crippen LogP contribution is -2.18. The fraction of sp³-hybridized carbons (Fsp3) is 0.538. The van der Waals surface area contributed by atoms with Crippen molar-refractivity contribution in [1.82, 2.24) is 0 Å². The van der Waals surface area contributed by atoms with Gasteiger partial charge in [0.2, 0.25) is 0 Å². The van der Waals surface area contributed by atoms with E-state index in [0.29, 0.717) is 6.42 Å². The van der Waals surface area contributed by atoms with Crippen molar-refractivity contribution in [3.8, 4) is 0 Å². The van der Waals surface area contributed by atoms with Crippen LogP contribution in [0.15, 0.2) is 29.2 Å². The summed E-state index contributed by atoms with van der Waals surface area (Å²) in [6, 6.07) is 6.48. The Balaban J connectivity index is 2.58. The first kappa shape index (κ1) is 15.1. The van der Waals surface area contributed by atoms with E-state index in [-0.39, 0.29) is 17.4 Å². The minimum atomic E-state index is -3.71. The van der Waals surface area contributed by atoms with Gasteiger partial charge in [0.05, 0.1) is 17.6 Å². The number of benzene rings is 1. The first-order valence-corrected chi connectivity index (χ1v) is 7.38. The van der Waals surface area contributed by atoms with Gasteiger partial charge in [0.25, 0.3) is 10.1 Å². The normalized spacial score (nSPS) is 13.8. The van der Waals surface area contributed by atoms with Gasteiger partial charge >= 0.3 is 0 Å². The molecule has 0 aliphatic carbocycles. The van der Waals surface area contributed by atoms with Crippen LogP contribution in [0.25, 0.3) is 0 Å². The van der Waals surface area contributed by atoms with Crippen molar-refractivity contribution < 1.29 is 17.7 Å². The first-order valence-electron chi connectivity index (χ1n) is 5.97. The van der Waals surface area contributed by atoms with Gasteiger partial charge in [0, 0.05) is 0 Å². The smallest absolute Gasteiger partial charge is 0.296 e. The van der Waals surface area contributed by atoms with E-state index in [0.717, 1.165) is 5.56 Å². The van der Waals surface area contributed by atoms with E-state index < -0.39 is 16.2 Å². The van der Waals surface area contributed by atoms with Gasteiger partial charge in [-0.2, -0.15) is 8.42 Å². The molecule has 0 saturated carbocycles. The number of aliphatic hydroxyl groups excluding tert-OH is 1. The standard InChI is InChI=1S/C13H20O4S/c1-10(2)13(14)8-9-17-18(15,16)12-6-4-11(3)5-7-12/h4-7,10,13-14H,8-9H2,1-3H3/t13-/m1/s1. The molecule has 0 radical (unpaired) electrons. The molecule has 0 amide bonds. The molecule has 4 nitrogen and oxygen atoms in total. The molecule has 1 aromatic carbocycles. The van der Waals surface area contributed by atoms with Crippen LogP contribution in [-0.2, 0) is 14.3 Å². The number of aryl methyl sites for hydroxylation is 1. The van der Waals surface area contributed by atoms with E-state index in [4.69, 9.17) is 4.18 Å². The van der Waals surface area contributed by atoms with Crippen LogP contribution in [0.1, 0.15) is 25.8 Å². The molecule has 0 spiro atoms. The first-order chi connectivity index (χ1) is 8.33. The average Bonchev–Trinajstić information content (AvgIpc) is 2.29. The Hall–Kier alpha value is -0.910. The summed E-state index contributed by atoms with van der Waals surface area (Å²) < 4.78 is 28.5. The van der Waals surface area contributed by atoms with E-state index in [1.54, 1.807) is 12.1 Å². The van der Waals surface area contributed by atoms with Gasteiger partial charge in [-0.3, -0.25) is 4.18 Å². The molecule has 1 rings (SSSR count). The van der Waals surface area contributed by atoms with Gasteiger partial charge in [-0.1, -0.05) is 31.5 Å². The second kappa shape index (κ2) is 6.31. The quantitative estimate of drug-likeness (QED) is 0.806. The summed E-state index contributed by atoms with van der Waals surface area (Å²) in [6.45, 7) is 5.63. The summed E-state index contributed by atoms with van der Waals surface area (Å²) in [4.78, 5) is 0.145. The topological polar surface area (TPSA) is 63.6 Å². The molecule has 18 heavy (non-hydrogen) atoms. The SMILES string of the molecule is Cc1ccc(S(=O)(=O)OCC[C@@H](O)C(C)C)cc1. The highest BCUT2D eigenvalue weighted by atomic mass is 32.2. The monoisotopic (exact) mass is 272 g/mol. The van der Waals surface area contributed by atoms with E-state index >= 15 is 0 Å². The van der Waals surface area contributed by atoms with Crippen LogP contribution in [0.5, 0.6) is 0 Å². The minimum absolute atomic E-state index is 0.00441. The zero-order valence-electron chi connectivity index (χ0n) is 11.0. The van der Waals surface area contributed by atoms with E-state index in [1.165, 1.54) is 12.1 Å². The highest BCUT2D eigenvalue weighted by Gasteiger charge is 2.16. The van der Waals surface area contributed by atoms with Gasteiger partial charge < -0.3 is 5.11 Å². The molecule has 1 N–H and O–H groups in total. The average molecular weight is 272 g/mol. The molecule has 0 aliphatic rings. The Bertz CT molecular complexity index is 462. The molecule has 0 heterocycles. The molecule has 0 fully saturated rings. The van der Waals surface area contributed by atoms with Crippen molar-refractivity contribution in [3.63, 3.8) is 0 Å². The molecular formula is C13H20O4S. The maximum absolute atomic E-state index is 11.8. The van der Waals surface area contributed by atoms with Crippen molar-refractivity contribution >= 4 is 10.1 Å². The molecule has 0 aliphatic heterocycles. The third-order valence-corrected chi connectivity index (χ3v) is 4.06. The van der Waals surface area contributed by atoms with Crippen molar-refractivity contribution in [3.05, 3.63) is 29.8 Å². The Kier molecular flexibility index (Phi) is 5.31. The van der Waals surface area contributed by atoms with Gasteiger partial charge in [-0.25, -0.2) is 0 Å². The van der Waals surface area contributed by atoms with Gasteiger partial charge in [0.15, 0.2) is 0 Å². The van der Waals surface area contributed by atoms with Crippen molar-refractivity contribution in [2.24, 2.45) is 5.92 Å². The van der Waals surface area contributed by atoms with E-state index in [2.05, 4.69) is 0 Å². The van der Waals surface area contributed by atoms with Crippen LogP contribution in [0.2, 0.25) is 0 Å². The number of hydrogen-bond acceptors (Lipinski definition) is 4. The molecular weight excluding hydrogens is 252 g/mol. The van der Waals surface area contributed by atoms with Gasteiger partial charge in [-0.15, -0.1) is 0 Å². The third-order valence-electron chi connectivity index (χ3n) is 2.73. The molecule has 0 saturated heterocycles. The largest absolute Gasteiger partial charge is 0.393 e. The van der Waals surface area contributed by atoms with E-state index in [1.807, 2.05) is 20.8 Å². The van der Waals surface area contributed by atoms with Crippen molar-refractivity contribution in [1.29, 1.82) is 0 Å². The number of hydrogen-bond donors (Lipinski definition) is 1. The summed E-state index contributed by atoms with van der Waals surface area (Å²) in [5, 5.41) is 9.56. The summed E-state index contributed by atoms with van der Waals surface area (Å²) in [6.07, 6.45) is -0.235. The minimum Gasteiger partial charge on any atom is -0.393 e. The predicted molar refractivity (Wildman–Crippen MR) is 69.8 cm³/mol. The highest BCUT2D eigenvalue weighted by molar-refractivity contribution is 7.86. The Labute approximate surface area is 109 Å². The van der Waals surface area contributed by atoms with Crippen LogP contribution in [0.3, 0.4) is 0 Å². The maximum atomic E-state index is 11.8. The van der Waals surface area contributed by atoms with Crippen LogP contribution >= 0.6 is 0 Å². The van der Waals surface area contributed by atoms with Gasteiger partial charge in [-0.05, 0) is 31.4 Å². The van der Waals surface area contributed by atoms with Crippen molar-refractivity contribution in [2.45, 2.75) is 38.2 Å². The van der Waals surface area contributed by atoms with Crippen LogP contribution < -0.4 is 0 Å². The molecule has 0 aromatic heterocycles.